The first-order valence-electron chi connectivity index (χ1n) is 8.28. The number of amides is 2. The third-order valence-electron chi connectivity index (χ3n) is 4.48. The normalized spacial score (nSPS) is 20.0. The second kappa shape index (κ2) is 7.04. The highest BCUT2D eigenvalue weighted by atomic mass is 32.1. The quantitative estimate of drug-likeness (QED) is 0.799. The zero-order valence-electron chi connectivity index (χ0n) is 14.1. The van der Waals surface area contributed by atoms with Gasteiger partial charge in [-0.1, -0.05) is 6.07 Å². The van der Waals surface area contributed by atoms with E-state index in [-0.39, 0.29) is 24.5 Å². The zero-order valence-corrected chi connectivity index (χ0v) is 14.9. The summed E-state index contributed by atoms with van der Waals surface area (Å²) in [6.45, 7) is 7.46. The van der Waals surface area contributed by atoms with Crippen molar-refractivity contribution < 1.29 is 14.7 Å². The van der Waals surface area contributed by atoms with Gasteiger partial charge in [0, 0.05) is 43.6 Å². The van der Waals surface area contributed by atoms with Crippen molar-refractivity contribution in [3.8, 4) is 0 Å². The first-order valence-corrected chi connectivity index (χ1v) is 9.16. The van der Waals surface area contributed by atoms with Gasteiger partial charge in [-0.3, -0.25) is 19.4 Å². The van der Waals surface area contributed by atoms with Gasteiger partial charge in [-0.05, 0) is 25.3 Å². The number of nitrogens with zero attached hydrogens (tertiary/aromatic N) is 3. The van der Waals surface area contributed by atoms with Crippen LogP contribution >= 0.6 is 11.3 Å². The average molecular weight is 349 g/mol. The summed E-state index contributed by atoms with van der Waals surface area (Å²) < 4.78 is 0. The van der Waals surface area contributed by atoms with Gasteiger partial charge in [0.05, 0.1) is 12.2 Å². The van der Waals surface area contributed by atoms with Crippen LogP contribution in [0.1, 0.15) is 18.7 Å². The Morgan fingerprint density at radius 2 is 1.88 bits per heavy atom. The van der Waals surface area contributed by atoms with E-state index in [9.17, 15) is 9.59 Å². The SMILES string of the molecule is CC(C)N1C(=O)C(c2cccs2)=C(N2CCN(CCO)CC2)C1=O. The van der Waals surface area contributed by atoms with Crippen LogP contribution in [0.25, 0.3) is 5.57 Å². The Morgan fingerprint density at radius 1 is 1.17 bits per heavy atom. The Kier molecular flexibility index (Phi) is 5.03. The van der Waals surface area contributed by atoms with Crippen molar-refractivity contribution in [1.82, 2.24) is 14.7 Å². The van der Waals surface area contributed by atoms with Gasteiger partial charge < -0.3 is 10.0 Å². The van der Waals surface area contributed by atoms with Crippen LogP contribution in [0.2, 0.25) is 0 Å². The van der Waals surface area contributed by atoms with E-state index < -0.39 is 0 Å². The maximum Gasteiger partial charge on any atom is 0.278 e. The molecule has 3 heterocycles. The van der Waals surface area contributed by atoms with Crippen LogP contribution in [0.15, 0.2) is 23.2 Å². The van der Waals surface area contributed by atoms with E-state index in [1.54, 1.807) is 0 Å². The van der Waals surface area contributed by atoms with E-state index in [2.05, 4.69) is 4.90 Å². The number of hydrogen-bond donors (Lipinski definition) is 1. The summed E-state index contributed by atoms with van der Waals surface area (Å²) in [4.78, 5) is 32.2. The van der Waals surface area contributed by atoms with Crippen LogP contribution in [0, 0.1) is 0 Å². The zero-order chi connectivity index (χ0) is 17.3. The average Bonchev–Trinajstić information content (AvgIpc) is 3.14. The Labute approximate surface area is 146 Å². The summed E-state index contributed by atoms with van der Waals surface area (Å²) in [5.74, 6) is -0.376. The smallest absolute Gasteiger partial charge is 0.278 e. The lowest BCUT2D eigenvalue weighted by Gasteiger charge is -2.36. The maximum absolute atomic E-state index is 12.9. The van der Waals surface area contributed by atoms with E-state index in [1.165, 1.54) is 16.2 Å². The molecule has 7 heteroatoms. The lowest BCUT2D eigenvalue weighted by Crippen LogP contribution is -2.48. The minimum atomic E-state index is -0.190. The highest BCUT2D eigenvalue weighted by Crippen LogP contribution is 2.35. The highest BCUT2D eigenvalue weighted by Gasteiger charge is 2.43. The molecule has 1 aromatic rings. The molecular formula is C17H23N3O3S. The van der Waals surface area contributed by atoms with E-state index in [0.29, 0.717) is 30.9 Å². The third kappa shape index (κ3) is 2.99. The summed E-state index contributed by atoms with van der Waals surface area (Å²) in [7, 11) is 0. The lowest BCUT2D eigenvalue weighted by molar-refractivity contribution is -0.139. The van der Waals surface area contributed by atoms with Crippen molar-refractivity contribution in [1.29, 1.82) is 0 Å². The fraction of sp³-hybridized carbons (Fsp3) is 0.529. The summed E-state index contributed by atoms with van der Waals surface area (Å²) in [5, 5.41) is 11.0. The molecule has 0 aromatic carbocycles. The molecule has 1 saturated heterocycles. The summed E-state index contributed by atoms with van der Waals surface area (Å²) >= 11 is 1.49. The van der Waals surface area contributed by atoms with Crippen LogP contribution in [-0.2, 0) is 9.59 Å². The van der Waals surface area contributed by atoms with Gasteiger partial charge in [0.15, 0.2) is 0 Å². The second-order valence-electron chi connectivity index (χ2n) is 6.33. The molecule has 0 aliphatic carbocycles. The lowest BCUT2D eigenvalue weighted by atomic mass is 10.1. The fourth-order valence-electron chi connectivity index (χ4n) is 3.28. The van der Waals surface area contributed by atoms with E-state index in [1.807, 2.05) is 36.3 Å². The van der Waals surface area contributed by atoms with Gasteiger partial charge >= 0.3 is 0 Å². The molecule has 130 valence electrons. The van der Waals surface area contributed by atoms with E-state index in [4.69, 9.17) is 5.11 Å². The number of aliphatic hydroxyl groups is 1. The van der Waals surface area contributed by atoms with Gasteiger partial charge in [-0.15, -0.1) is 11.3 Å². The van der Waals surface area contributed by atoms with Crippen LogP contribution in [0.3, 0.4) is 0 Å². The number of rotatable bonds is 5. The Bertz CT molecular complexity index is 646. The van der Waals surface area contributed by atoms with Gasteiger partial charge in [-0.25, -0.2) is 0 Å². The van der Waals surface area contributed by atoms with Crippen LogP contribution in [-0.4, -0.2) is 77.0 Å². The van der Waals surface area contributed by atoms with Crippen LogP contribution in [0.5, 0.6) is 0 Å². The van der Waals surface area contributed by atoms with Crippen molar-refractivity contribution in [3.05, 3.63) is 28.1 Å². The van der Waals surface area contributed by atoms with E-state index >= 15 is 0 Å². The number of β-amino-alcohol motifs (C(OH)–C–C–N with tert-alkyl or cyclic N) is 1. The molecule has 0 radical (unpaired) electrons. The molecule has 0 unspecified atom stereocenters. The van der Waals surface area contributed by atoms with Crippen molar-refractivity contribution in [2.75, 3.05) is 39.3 Å². The molecule has 0 saturated carbocycles. The number of aliphatic hydroxyl groups excluding tert-OH is 1. The van der Waals surface area contributed by atoms with Crippen molar-refractivity contribution in [2.45, 2.75) is 19.9 Å². The standard InChI is InChI=1S/C17H23N3O3S/c1-12(2)20-16(22)14(13-4-3-11-24-13)15(17(20)23)19-7-5-18(6-8-19)9-10-21/h3-4,11-12,21H,5-10H2,1-2H3. The number of carbonyl (C=O) groups excluding carboxylic acids is 2. The molecule has 0 spiro atoms. The molecule has 0 bridgehead atoms. The monoisotopic (exact) mass is 349 g/mol. The fourth-order valence-corrected chi connectivity index (χ4v) is 4.04. The van der Waals surface area contributed by atoms with Gasteiger partial charge in [0.25, 0.3) is 11.8 Å². The number of hydrogen-bond acceptors (Lipinski definition) is 6. The largest absolute Gasteiger partial charge is 0.395 e. The number of piperazine rings is 1. The molecule has 24 heavy (non-hydrogen) atoms. The summed E-state index contributed by atoms with van der Waals surface area (Å²) in [6, 6.07) is 3.64. The number of thiophene rings is 1. The minimum absolute atomic E-state index is 0.141. The van der Waals surface area contributed by atoms with Crippen LogP contribution in [0.4, 0.5) is 0 Å². The van der Waals surface area contributed by atoms with Crippen molar-refractivity contribution in [3.63, 3.8) is 0 Å². The number of carbonyl (C=O) groups is 2. The molecule has 0 atom stereocenters. The van der Waals surface area contributed by atoms with Gasteiger partial charge in [0.2, 0.25) is 0 Å². The van der Waals surface area contributed by atoms with Gasteiger partial charge in [0.1, 0.15) is 5.70 Å². The second-order valence-corrected chi connectivity index (χ2v) is 7.27. The van der Waals surface area contributed by atoms with Crippen molar-refractivity contribution >= 4 is 28.7 Å². The molecule has 2 amide bonds. The Hall–Kier alpha value is -1.70. The van der Waals surface area contributed by atoms with Crippen molar-refractivity contribution in [2.24, 2.45) is 0 Å². The maximum atomic E-state index is 12.9. The molecule has 2 aliphatic rings. The molecule has 6 nitrogen and oxygen atoms in total. The first kappa shape index (κ1) is 17.1. The summed E-state index contributed by atoms with van der Waals surface area (Å²) in [6.07, 6.45) is 0. The van der Waals surface area contributed by atoms with Gasteiger partial charge in [-0.2, -0.15) is 0 Å². The Balaban J connectivity index is 1.92. The first-order chi connectivity index (χ1) is 11.5. The third-order valence-corrected chi connectivity index (χ3v) is 5.37. The molecule has 1 fully saturated rings. The molecule has 3 rings (SSSR count). The van der Waals surface area contributed by atoms with Crippen LogP contribution < -0.4 is 0 Å². The molecule has 1 aromatic heterocycles. The summed E-state index contributed by atoms with van der Waals surface area (Å²) in [5.41, 5.74) is 1.08. The molecule has 2 aliphatic heterocycles. The predicted octanol–water partition coefficient (Wildman–Crippen LogP) is 0.846. The Morgan fingerprint density at radius 3 is 2.42 bits per heavy atom. The molecule has 1 N–H and O–H groups in total. The van der Waals surface area contributed by atoms with E-state index in [0.717, 1.165) is 18.0 Å². The highest BCUT2D eigenvalue weighted by molar-refractivity contribution is 7.11. The topological polar surface area (TPSA) is 64.1 Å². The molecular weight excluding hydrogens is 326 g/mol. The number of imide groups is 1. The predicted molar refractivity (Wildman–Crippen MR) is 93.3 cm³/mol. The minimum Gasteiger partial charge on any atom is -0.395 e.